The van der Waals surface area contributed by atoms with E-state index in [2.05, 4.69) is 20.3 Å². The largest absolute Gasteiger partial charge is 0.465 e. The molecular weight excluding hydrogens is 318 g/mol. The van der Waals surface area contributed by atoms with Crippen LogP contribution < -0.4 is 15.5 Å². The quantitative estimate of drug-likeness (QED) is 0.835. The lowest BCUT2D eigenvalue weighted by molar-refractivity contribution is 0.0600. The zero-order valence-corrected chi connectivity index (χ0v) is 14.1. The highest BCUT2D eigenvalue weighted by Crippen LogP contribution is 2.17. The third-order valence-corrected chi connectivity index (χ3v) is 4.18. The lowest BCUT2D eigenvalue weighted by Crippen LogP contribution is -2.43. The molecule has 0 unspecified atom stereocenters. The molecule has 1 amide bonds. The molecule has 1 aliphatic rings. The van der Waals surface area contributed by atoms with Crippen LogP contribution in [0.5, 0.6) is 0 Å². The molecule has 0 spiro atoms. The lowest BCUT2D eigenvalue weighted by Gasteiger charge is -2.29. The molecule has 1 fully saturated rings. The zero-order chi connectivity index (χ0) is 17.6. The Morgan fingerprint density at radius 2 is 1.56 bits per heavy atom. The molecule has 2 N–H and O–H groups in total. The number of ether oxygens (including phenoxy) is 1. The highest BCUT2D eigenvalue weighted by Gasteiger charge is 2.12. The van der Waals surface area contributed by atoms with Gasteiger partial charge in [-0.05, 0) is 48.5 Å². The van der Waals surface area contributed by atoms with Crippen LogP contribution in [0, 0.1) is 0 Å². The van der Waals surface area contributed by atoms with Gasteiger partial charge in [-0.3, -0.25) is 4.79 Å². The summed E-state index contributed by atoms with van der Waals surface area (Å²) in [6, 6.07) is 14.2. The molecule has 1 saturated heterocycles. The van der Waals surface area contributed by atoms with Gasteiger partial charge < -0.3 is 20.3 Å². The second-order valence-corrected chi connectivity index (χ2v) is 5.81. The first-order valence-electron chi connectivity index (χ1n) is 8.23. The molecule has 1 heterocycles. The van der Waals surface area contributed by atoms with Crippen molar-refractivity contribution in [2.24, 2.45) is 0 Å². The number of piperazine rings is 1. The number of rotatable bonds is 4. The van der Waals surface area contributed by atoms with Crippen molar-refractivity contribution in [1.29, 1.82) is 0 Å². The van der Waals surface area contributed by atoms with E-state index in [9.17, 15) is 9.59 Å². The van der Waals surface area contributed by atoms with Crippen LogP contribution in [0.4, 0.5) is 11.4 Å². The van der Waals surface area contributed by atoms with Crippen LogP contribution in [0.2, 0.25) is 0 Å². The fourth-order valence-electron chi connectivity index (χ4n) is 2.76. The molecule has 1 aliphatic heterocycles. The van der Waals surface area contributed by atoms with Gasteiger partial charge in [0.2, 0.25) is 0 Å². The van der Waals surface area contributed by atoms with Gasteiger partial charge in [-0.1, -0.05) is 0 Å². The first-order chi connectivity index (χ1) is 12.2. The van der Waals surface area contributed by atoms with Crippen LogP contribution in [0.25, 0.3) is 0 Å². The SMILES string of the molecule is COC(=O)c1ccc(NC(=O)c2ccc(N3CCNCC3)cc2)cc1. The summed E-state index contributed by atoms with van der Waals surface area (Å²) in [5, 5.41) is 6.15. The van der Waals surface area contributed by atoms with Gasteiger partial charge in [0.15, 0.2) is 0 Å². The number of methoxy groups -OCH3 is 1. The van der Waals surface area contributed by atoms with Gasteiger partial charge in [-0.2, -0.15) is 0 Å². The summed E-state index contributed by atoms with van der Waals surface area (Å²) in [5.74, 6) is -0.584. The van der Waals surface area contributed by atoms with Crippen LogP contribution in [0.1, 0.15) is 20.7 Å². The Morgan fingerprint density at radius 3 is 2.16 bits per heavy atom. The normalized spacial score (nSPS) is 14.0. The van der Waals surface area contributed by atoms with Crippen molar-refractivity contribution < 1.29 is 14.3 Å². The number of nitrogens with one attached hydrogen (secondary N) is 2. The fourth-order valence-corrected chi connectivity index (χ4v) is 2.76. The molecule has 0 bridgehead atoms. The van der Waals surface area contributed by atoms with Gasteiger partial charge in [0.1, 0.15) is 0 Å². The van der Waals surface area contributed by atoms with E-state index in [1.165, 1.54) is 7.11 Å². The Kier molecular flexibility index (Phi) is 5.30. The number of hydrogen-bond donors (Lipinski definition) is 2. The summed E-state index contributed by atoms with van der Waals surface area (Å²) < 4.78 is 4.65. The fraction of sp³-hybridized carbons (Fsp3) is 0.263. The molecule has 0 aromatic heterocycles. The monoisotopic (exact) mass is 339 g/mol. The molecule has 0 atom stereocenters. The molecule has 2 aromatic rings. The Balaban J connectivity index is 1.63. The minimum absolute atomic E-state index is 0.183. The second kappa shape index (κ2) is 7.81. The summed E-state index contributed by atoms with van der Waals surface area (Å²) >= 11 is 0. The number of benzene rings is 2. The third kappa shape index (κ3) is 4.16. The molecule has 3 rings (SSSR count). The van der Waals surface area contributed by atoms with Crippen LogP contribution >= 0.6 is 0 Å². The average molecular weight is 339 g/mol. The zero-order valence-electron chi connectivity index (χ0n) is 14.1. The van der Waals surface area contributed by atoms with Gasteiger partial charge in [-0.25, -0.2) is 4.79 Å². The van der Waals surface area contributed by atoms with Crippen molar-refractivity contribution in [3.05, 3.63) is 59.7 Å². The maximum absolute atomic E-state index is 12.4. The van der Waals surface area contributed by atoms with E-state index < -0.39 is 5.97 Å². The van der Waals surface area contributed by atoms with Gasteiger partial charge in [0, 0.05) is 43.1 Å². The van der Waals surface area contributed by atoms with Crippen molar-refractivity contribution in [3.8, 4) is 0 Å². The van der Waals surface area contributed by atoms with E-state index in [-0.39, 0.29) is 5.91 Å². The number of amides is 1. The maximum atomic E-state index is 12.4. The predicted octanol–water partition coefficient (Wildman–Crippen LogP) is 2.14. The molecule has 25 heavy (non-hydrogen) atoms. The topological polar surface area (TPSA) is 70.7 Å². The number of carbonyl (C=O) groups excluding carboxylic acids is 2. The third-order valence-electron chi connectivity index (χ3n) is 4.18. The summed E-state index contributed by atoms with van der Waals surface area (Å²) in [5.41, 5.74) is 2.79. The highest BCUT2D eigenvalue weighted by atomic mass is 16.5. The van der Waals surface area contributed by atoms with E-state index in [0.29, 0.717) is 16.8 Å². The van der Waals surface area contributed by atoms with Crippen molar-refractivity contribution in [2.75, 3.05) is 43.5 Å². The van der Waals surface area contributed by atoms with Crippen molar-refractivity contribution in [1.82, 2.24) is 5.32 Å². The second-order valence-electron chi connectivity index (χ2n) is 5.81. The smallest absolute Gasteiger partial charge is 0.337 e. The Hall–Kier alpha value is -2.86. The number of anilines is 2. The molecule has 0 radical (unpaired) electrons. The summed E-state index contributed by atoms with van der Waals surface area (Å²) in [6.45, 7) is 3.89. The van der Waals surface area contributed by atoms with E-state index >= 15 is 0 Å². The standard InChI is InChI=1S/C19H21N3O3/c1-25-19(24)15-2-6-16(7-3-15)21-18(23)14-4-8-17(9-5-14)22-12-10-20-11-13-22/h2-9,20H,10-13H2,1H3,(H,21,23). The van der Waals surface area contributed by atoms with Crippen molar-refractivity contribution in [3.63, 3.8) is 0 Å². The molecule has 0 saturated carbocycles. The first kappa shape index (κ1) is 17.0. The van der Waals surface area contributed by atoms with E-state index in [1.807, 2.05) is 24.3 Å². The van der Waals surface area contributed by atoms with Crippen molar-refractivity contribution >= 4 is 23.3 Å². The van der Waals surface area contributed by atoms with Crippen molar-refractivity contribution in [2.45, 2.75) is 0 Å². The van der Waals surface area contributed by atoms with Gasteiger partial charge in [-0.15, -0.1) is 0 Å². The molecular formula is C19H21N3O3. The molecule has 6 nitrogen and oxygen atoms in total. The first-order valence-corrected chi connectivity index (χ1v) is 8.23. The minimum Gasteiger partial charge on any atom is -0.465 e. The van der Waals surface area contributed by atoms with Crippen LogP contribution in [-0.4, -0.2) is 45.2 Å². The minimum atomic E-state index is -0.402. The van der Waals surface area contributed by atoms with Gasteiger partial charge in [0.25, 0.3) is 5.91 Å². The van der Waals surface area contributed by atoms with E-state index in [1.54, 1.807) is 24.3 Å². The number of hydrogen-bond acceptors (Lipinski definition) is 5. The molecule has 130 valence electrons. The predicted molar refractivity (Wildman–Crippen MR) is 97.3 cm³/mol. The summed E-state index contributed by atoms with van der Waals surface area (Å²) in [4.78, 5) is 26.1. The Morgan fingerprint density at radius 1 is 0.960 bits per heavy atom. The molecule has 6 heteroatoms. The average Bonchev–Trinajstić information content (AvgIpc) is 2.68. The number of esters is 1. The summed E-state index contributed by atoms with van der Waals surface area (Å²) in [7, 11) is 1.34. The highest BCUT2D eigenvalue weighted by molar-refractivity contribution is 6.04. The van der Waals surface area contributed by atoms with E-state index in [4.69, 9.17) is 0 Å². The van der Waals surface area contributed by atoms with Gasteiger partial charge in [0.05, 0.1) is 12.7 Å². The van der Waals surface area contributed by atoms with E-state index in [0.717, 1.165) is 31.9 Å². The van der Waals surface area contributed by atoms with Gasteiger partial charge >= 0.3 is 5.97 Å². The number of carbonyl (C=O) groups is 2. The van der Waals surface area contributed by atoms with Crippen LogP contribution in [0.15, 0.2) is 48.5 Å². The number of nitrogens with zero attached hydrogens (tertiary/aromatic N) is 1. The maximum Gasteiger partial charge on any atom is 0.337 e. The van der Waals surface area contributed by atoms with Crippen LogP contribution in [0.3, 0.4) is 0 Å². The Labute approximate surface area is 146 Å². The summed E-state index contributed by atoms with van der Waals surface area (Å²) in [6.07, 6.45) is 0. The molecule has 2 aromatic carbocycles. The van der Waals surface area contributed by atoms with Crippen LogP contribution in [-0.2, 0) is 4.74 Å². The Bertz CT molecular complexity index is 736. The molecule has 0 aliphatic carbocycles. The lowest BCUT2D eigenvalue weighted by atomic mass is 10.1.